The van der Waals surface area contributed by atoms with Gasteiger partial charge in [-0.05, 0) is 45.1 Å². The van der Waals surface area contributed by atoms with Gasteiger partial charge >= 0.3 is 0 Å². The number of hydrogen-bond donors (Lipinski definition) is 1. The van der Waals surface area contributed by atoms with Gasteiger partial charge in [0.2, 0.25) is 5.91 Å². The summed E-state index contributed by atoms with van der Waals surface area (Å²) in [6.45, 7) is 5.52. The molecule has 0 aliphatic carbocycles. The summed E-state index contributed by atoms with van der Waals surface area (Å²) in [7, 11) is -0.431. The van der Waals surface area contributed by atoms with Gasteiger partial charge in [-0.25, -0.2) is 0 Å². The van der Waals surface area contributed by atoms with Crippen LogP contribution in [0, 0.1) is 12.3 Å². The maximum atomic E-state index is 13.5. The van der Waals surface area contributed by atoms with E-state index in [1.807, 2.05) is 17.9 Å². The average molecular weight is 440 g/mol. The number of carbonyl (C=O) groups is 2. The lowest BCUT2D eigenvalue weighted by Gasteiger charge is -2.51. The van der Waals surface area contributed by atoms with Gasteiger partial charge in [0.15, 0.2) is 0 Å². The minimum Gasteiger partial charge on any atom is -0.483 e. The van der Waals surface area contributed by atoms with Gasteiger partial charge in [0.1, 0.15) is 0 Å². The minimum absolute atomic E-state index is 0.112. The molecule has 1 aromatic rings. The number of amides is 1. The SMILES string of the molecule is Cc1cccc(CN2CCC[C@@]3(CCCN(S(=O)(=O)N(C)C)[C@@H]3C)C2=O)c1.O=CO. The van der Waals surface area contributed by atoms with Crippen LogP contribution in [0.5, 0.6) is 0 Å². The number of carboxylic acid groups (broad SMARTS) is 1. The van der Waals surface area contributed by atoms with E-state index in [0.29, 0.717) is 13.1 Å². The highest BCUT2D eigenvalue weighted by Crippen LogP contribution is 2.45. The molecule has 0 radical (unpaired) electrons. The molecule has 2 atom stereocenters. The van der Waals surface area contributed by atoms with E-state index in [2.05, 4.69) is 25.1 Å². The van der Waals surface area contributed by atoms with E-state index in [1.54, 1.807) is 14.1 Å². The molecule has 2 heterocycles. The summed E-state index contributed by atoms with van der Waals surface area (Å²) >= 11 is 0. The van der Waals surface area contributed by atoms with E-state index in [1.165, 1.54) is 14.2 Å². The molecule has 30 heavy (non-hydrogen) atoms. The molecule has 8 nitrogen and oxygen atoms in total. The highest BCUT2D eigenvalue weighted by atomic mass is 32.2. The van der Waals surface area contributed by atoms with Gasteiger partial charge in [-0.2, -0.15) is 17.0 Å². The predicted octanol–water partition coefficient (Wildman–Crippen LogP) is 2.10. The Morgan fingerprint density at radius 3 is 2.40 bits per heavy atom. The maximum Gasteiger partial charge on any atom is 0.290 e. The van der Waals surface area contributed by atoms with Gasteiger partial charge in [-0.15, -0.1) is 0 Å². The van der Waals surface area contributed by atoms with E-state index in [0.717, 1.165) is 37.8 Å². The molecule has 1 N–H and O–H groups in total. The van der Waals surface area contributed by atoms with Crippen molar-refractivity contribution in [3.63, 3.8) is 0 Å². The smallest absolute Gasteiger partial charge is 0.290 e. The molecule has 9 heteroatoms. The normalized spacial score (nSPS) is 25.2. The number of hydrogen-bond acceptors (Lipinski definition) is 4. The van der Waals surface area contributed by atoms with Crippen LogP contribution in [-0.2, 0) is 26.3 Å². The van der Waals surface area contributed by atoms with Gasteiger partial charge < -0.3 is 10.0 Å². The lowest BCUT2D eigenvalue weighted by molar-refractivity contribution is -0.153. The average Bonchev–Trinajstić information content (AvgIpc) is 2.68. The van der Waals surface area contributed by atoms with Crippen LogP contribution < -0.4 is 0 Å². The molecule has 2 aliphatic heterocycles. The highest BCUT2D eigenvalue weighted by Gasteiger charge is 2.53. The Labute approximate surface area is 179 Å². The quantitative estimate of drug-likeness (QED) is 0.725. The van der Waals surface area contributed by atoms with Gasteiger partial charge in [0.05, 0.1) is 5.41 Å². The second kappa shape index (κ2) is 9.89. The number of nitrogens with zero attached hydrogens (tertiary/aromatic N) is 3. The Morgan fingerprint density at radius 2 is 1.83 bits per heavy atom. The monoisotopic (exact) mass is 439 g/mol. The fourth-order valence-electron chi connectivity index (χ4n) is 4.66. The molecule has 0 bridgehead atoms. The first-order chi connectivity index (χ1) is 14.1. The summed E-state index contributed by atoms with van der Waals surface area (Å²) < 4.78 is 28.3. The number of aryl methyl sites for hydroxylation is 1. The van der Waals surface area contributed by atoms with E-state index < -0.39 is 15.6 Å². The van der Waals surface area contributed by atoms with Crippen molar-refractivity contribution >= 4 is 22.6 Å². The Morgan fingerprint density at radius 1 is 1.23 bits per heavy atom. The minimum atomic E-state index is -3.53. The standard InChI is InChI=1S/C20H31N3O3S.CH2O2/c1-16-8-5-9-18(14-16)15-22-12-6-10-20(19(22)24)11-7-13-23(17(20)2)27(25,26)21(3)4;2-1-3/h5,8-9,14,17H,6-7,10-13,15H2,1-4H3;1H,(H,2,3)/t17-,20+;/m1./s1. The predicted molar refractivity (Wildman–Crippen MR) is 115 cm³/mol. The Hall–Kier alpha value is -1.97. The highest BCUT2D eigenvalue weighted by molar-refractivity contribution is 7.86. The van der Waals surface area contributed by atoms with Crippen molar-refractivity contribution in [2.45, 2.75) is 52.1 Å². The van der Waals surface area contributed by atoms with Crippen LogP contribution in [0.15, 0.2) is 24.3 Å². The number of piperidine rings is 2. The zero-order valence-corrected chi connectivity index (χ0v) is 19.1. The van der Waals surface area contributed by atoms with Crippen molar-refractivity contribution in [2.24, 2.45) is 5.41 Å². The molecule has 3 rings (SSSR count). The summed E-state index contributed by atoms with van der Waals surface area (Å²) in [5, 5.41) is 6.89. The molecule has 168 valence electrons. The Bertz CT molecular complexity index is 854. The molecular weight excluding hydrogens is 406 g/mol. The fourth-order valence-corrected chi connectivity index (χ4v) is 6.04. The van der Waals surface area contributed by atoms with Gasteiger partial charge in [-0.3, -0.25) is 9.59 Å². The van der Waals surface area contributed by atoms with Crippen LogP contribution in [0.4, 0.5) is 0 Å². The molecule has 1 spiro atoms. The zero-order valence-electron chi connectivity index (χ0n) is 18.2. The number of carbonyl (C=O) groups excluding carboxylic acids is 1. The van der Waals surface area contributed by atoms with Crippen molar-refractivity contribution in [2.75, 3.05) is 27.2 Å². The van der Waals surface area contributed by atoms with Crippen LogP contribution in [0.3, 0.4) is 0 Å². The van der Waals surface area contributed by atoms with E-state index in [9.17, 15) is 13.2 Å². The third kappa shape index (κ3) is 4.84. The molecular formula is C21H33N3O5S. The molecule has 2 aliphatic rings. The lowest BCUT2D eigenvalue weighted by Crippen LogP contribution is -2.62. The third-order valence-electron chi connectivity index (χ3n) is 6.21. The van der Waals surface area contributed by atoms with E-state index in [4.69, 9.17) is 9.90 Å². The molecule has 2 saturated heterocycles. The molecule has 0 unspecified atom stereocenters. The molecule has 0 saturated carbocycles. The Balaban J connectivity index is 0.00000101. The third-order valence-corrected chi connectivity index (χ3v) is 8.23. The van der Waals surface area contributed by atoms with Gasteiger partial charge in [0, 0.05) is 39.8 Å². The molecule has 0 aromatic heterocycles. The summed E-state index contributed by atoms with van der Waals surface area (Å²) in [5.41, 5.74) is 1.70. The van der Waals surface area contributed by atoms with Crippen LogP contribution in [0.25, 0.3) is 0 Å². The van der Waals surface area contributed by atoms with Crippen molar-refractivity contribution in [1.82, 2.24) is 13.5 Å². The molecule has 2 fully saturated rings. The van der Waals surface area contributed by atoms with Crippen LogP contribution in [-0.4, -0.2) is 72.6 Å². The topological polar surface area (TPSA) is 98.2 Å². The van der Waals surface area contributed by atoms with Crippen LogP contribution in [0.2, 0.25) is 0 Å². The maximum absolute atomic E-state index is 13.5. The summed E-state index contributed by atoms with van der Waals surface area (Å²) in [6.07, 6.45) is 3.16. The second-order valence-electron chi connectivity index (χ2n) is 8.26. The lowest BCUT2D eigenvalue weighted by atomic mass is 9.68. The van der Waals surface area contributed by atoms with Crippen molar-refractivity contribution in [3.8, 4) is 0 Å². The number of likely N-dealkylation sites (tertiary alicyclic amines) is 1. The van der Waals surface area contributed by atoms with E-state index in [-0.39, 0.29) is 18.4 Å². The number of benzene rings is 1. The first-order valence-electron chi connectivity index (χ1n) is 10.2. The molecule has 1 aromatic carbocycles. The first-order valence-corrected chi connectivity index (χ1v) is 11.6. The molecule has 1 amide bonds. The zero-order chi connectivity index (χ0) is 22.5. The van der Waals surface area contributed by atoms with Gasteiger partial charge in [0.25, 0.3) is 16.7 Å². The van der Waals surface area contributed by atoms with Crippen molar-refractivity contribution < 1.29 is 23.1 Å². The van der Waals surface area contributed by atoms with Crippen LogP contribution in [0.1, 0.15) is 43.7 Å². The summed E-state index contributed by atoms with van der Waals surface area (Å²) in [6, 6.07) is 7.90. The van der Waals surface area contributed by atoms with Gasteiger partial charge in [-0.1, -0.05) is 29.8 Å². The van der Waals surface area contributed by atoms with Crippen LogP contribution >= 0.6 is 0 Å². The first kappa shape index (κ1) is 24.3. The Kier molecular flexibility index (Phi) is 8.01. The largest absolute Gasteiger partial charge is 0.483 e. The van der Waals surface area contributed by atoms with Crippen molar-refractivity contribution in [3.05, 3.63) is 35.4 Å². The van der Waals surface area contributed by atoms with E-state index >= 15 is 0 Å². The van der Waals surface area contributed by atoms with Crippen molar-refractivity contribution in [1.29, 1.82) is 0 Å². The second-order valence-corrected chi connectivity index (χ2v) is 10.4. The number of rotatable bonds is 4. The summed E-state index contributed by atoms with van der Waals surface area (Å²) in [4.78, 5) is 23.8. The fraction of sp³-hybridized carbons (Fsp3) is 0.619. The summed E-state index contributed by atoms with van der Waals surface area (Å²) in [5.74, 6) is 0.112.